The first-order valence-corrected chi connectivity index (χ1v) is 6.52. The zero-order valence-corrected chi connectivity index (χ0v) is 11.8. The van der Waals surface area contributed by atoms with Gasteiger partial charge in [-0.15, -0.1) is 0 Å². The first kappa shape index (κ1) is 13.5. The highest BCUT2D eigenvalue weighted by atomic mass is 35.5. The molecule has 0 aliphatic carbocycles. The first-order chi connectivity index (χ1) is 10.2. The van der Waals surface area contributed by atoms with E-state index in [9.17, 15) is 5.11 Å². The molecule has 0 spiro atoms. The van der Waals surface area contributed by atoms with Crippen molar-refractivity contribution in [3.05, 3.63) is 47.5 Å². The molecule has 3 aromatic rings. The van der Waals surface area contributed by atoms with E-state index in [2.05, 4.69) is 10.1 Å². The minimum absolute atomic E-state index is 0.0318. The Bertz CT molecular complexity index is 769. The summed E-state index contributed by atoms with van der Waals surface area (Å²) in [4.78, 5) is 4.27. The standard InChI is InChI=1S/C15H11ClN2O3/c1-20-11-5-2-9(3-6-11)14-17-15(21-18-14)12-8-10(16)4-7-13(12)19/h2-8,19H,1H3. The number of nitrogens with zero attached hydrogens (tertiary/aromatic N) is 2. The van der Waals surface area contributed by atoms with Gasteiger partial charge in [0, 0.05) is 10.6 Å². The summed E-state index contributed by atoms with van der Waals surface area (Å²) in [6, 6.07) is 11.9. The maximum absolute atomic E-state index is 9.83. The zero-order chi connectivity index (χ0) is 14.8. The van der Waals surface area contributed by atoms with Gasteiger partial charge in [-0.25, -0.2) is 0 Å². The van der Waals surface area contributed by atoms with E-state index in [1.54, 1.807) is 19.2 Å². The monoisotopic (exact) mass is 302 g/mol. The van der Waals surface area contributed by atoms with E-state index in [0.717, 1.165) is 11.3 Å². The topological polar surface area (TPSA) is 68.4 Å². The third-order valence-electron chi connectivity index (χ3n) is 2.96. The summed E-state index contributed by atoms with van der Waals surface area (Å²) >= 11 is 5.91. The van der Waals surface area contributed by atoms with Crippen molar-refractivity contribution in [3.8, 4) is 34.3 Å². The molecule has 0 fully saturated rings. The van der Waals surface area contributed by atoms with Crippen molar-refractivity contribution in [3.63, 3.8) is 0 Å². The van der Waals surface area contributed by atoms with Gasteiger partial charge in [-0.2, -0.15) is 4.98 Å². The van der Waals surface area contributed by atoms with Crippen LogP contribution in [0.25, 0.3) is 22.8 Å². The molecule has 0 aliphatic heterocycles. The molecule has 0 aliphatic rings. The van der Waals surface area contributed by atoms with Crippen LogP contribution in [0.4, 0.5) is 0 Å². The highest BCUT2D eigenvalue weighted by molar-refractivity contribution is 6.30. The molecule has 3 rings (SSSR count). The van der Waals surface area contributed by atoms with Gasteiger partial charge in [-0.1, -0.05) is 16.8 Å². The molecule has 0 amide bonds. The lowest BCUT2D eigenvalue weighted by Gasteiger charge is -1.99. The lowest BCUT2D eigenvalue weighted by molar-refractivity contribution is 0.414. The van der Waals surface area contributed by atoms with Crippen LogP contribution in [0.15, 0.2) is 47.0 Å². The molecule has 6 heteroatoms. The quantitative estimate of drug-likeness (QED) is 0.797. The smallest absolute Gasteiger partial charge is 0.262 e. The van der Waals surface area contributed by atoms with E-state index in [0.29, 0.717) is 16.4 Å². The van der Waals surface area contributed by atoms with E-state index in [4.69, 9.17) is 20.9 Å². The van der Waals surface area contributed by atoms with Gasteiger partial charge < -0.3 is 14.4 Å². The van der Waals surface area contributed by atoms with Gasteiger partial charge in [0.25, 0.3) is 5.89 Å². The van der Waals surface area contributed by atoms with Gasteiger partial charge in [0.1, 0.15) is 11.5 Å². The average Bonchev–Trinajstić information content (AvgIpc) is 2.99. The van der Waals surface area contributed by atoms with Crippen molar-refractivity contribution in [2.45, 2.75) is 0 Å². The summed E-state index contributed by atoms with van der Waals surface area (Å²) in [5.74, 6) is 1.41. The highest BCUT2D eigenvalue weighted by Crippen LogP contribution is 2.31. The number of rotatable bonds is 3. The summed E-state index contributed by atoms with van der Waals surface area (Å²) in [5.41, 5.74) is 1.18. The Morgan fingerprint density at radius 2 is 1.90 bits per heavy atom. The number of phenolic OH excluding ortho intramolecular Hbond substituents is 1. The predicted octanol–water partition coefficient (Wildman–Crippen LogP) is 3.77. The second-order valence-electron chi connectivity index (χ2n) is 4.31. The van der Waals surface area contributed by atoms with E-state index in [1.165, 1.54) is 6.07 Å². The van der Waals surface area contributed by atoms with Gasteiger partial charge >= 0.3 is 0 Å². The van der Waals surface area contributed by atoms with E-state index in [1.807, 2.05) is 24.3 Å². The van der Waals surface area contributed by atoms with Crippen molar-refractivity contribution < 1.29 is 14.4 Å². The van der Waals surface area contributed by atoms with Crippen LogP contribution in [0.1, 0.15) is 0 Å². The number of aromatic nitrogens is 2. The van der Waals surface area contributed by atoms with Gasteiger partial charge in [0.05, 0.1) is 12.7 Å². The molecule has 1 aromatic heterocycles. The Morgan fingerprint density at radius 1 is 1.14 bits per heavy atom. The summed E-state index contributed by atoms with van der Waals surface area (Å²) < 4.78 is 10.3. The molecule has 0 radical (unpaired) electrons. The van der Waals surface area contributed by atoms with E-state index < -0.39 is 0 Å². The Hall–Kier alpha value is -2.53. The SMILES string of the molecule is COc1ccc(-c2noc(-c3cc(Cl)ccc3O)n2)cc1. The molecule has 1 heterocycles. The molecule has 5 nitrogen and oxygen atoms in total. The summed E-state index contributed by atoms with van der Waals surface area (Å²) in [6.07, 6.45) is 0. The molecule has 1 N–H and O–H groups in total. The van der Waals surface area contributed by atoms with Crippen molar-refractivity contribution >= 4 is 11.6 Å². The molecule has 0 unspecified atom stereocenters. The number of halogens is 1. The van der Waals surface area contributed by atoms with Crippen molar-refractivity contribution in [2.24, 2.45) is 0 Å². The van der Waals surface area contributed by atoms with Gasteiger partial charge in [0.2, 0.25) is 5.82 Å². The fourth-order valence-electron chi connectivity index (χ4n) is 1.87. The maximum Gasteiger partial charge on any atom is 0.262 e. The van der Waals surface area contributed by atoms with Crippen molar-refractivity contribution in [2.75, 3.05) is 7.11 Å². The van der Waals surface area contributed by atoms with Gasteiger partial charge in [-0.05, 0) is 42.5 Å². The largest absolute Gasteiger partial charge is 0.507 e. The molecule has 0 bridgehead atoms. The van der Waals surface area contributed by atoms with Crippen LogP contribution < -0.4 is 4.74 Å². The number of ether oxygens (including phenoxy) is 1. The van der Waals surface area contributed by atoms with Crippen LogP contribution in [0, 0.1) is 0 Å². The minimum atomic E-state index is 0.0318. The van der Waals surface area contributed by atoms with Gasteiger partial charge in [0.15, 0.2) is 0 Å². The van der Waals surface area contributed by atoms with Crippen LogP contribution in [0.2, 0.25) is 5.02 Å². The Labute approximate surface area is 125 Å². The number of aromatic hydroxyl groups is 1. The molecular weight excluding hydrogens is 292 g/mol. The molecule has 0 atom stereocenters. The fourth-order valence-corrected chi connectivity index (χ4v) is 2.04. The summed E-state index contributed by atoms with van der Waals surface area (Å²) in [7, 11) is 1.60. The molecule has 2 aromatic carbocycles. The normalized spacial score (nSPS) is 10.6. The van der Waals surface area contributed by atoms with E-state index in [-0.39, 0.29) is 11.6 Å². The van der Waals surface area contributed by atoms with Crippen LogP contribution >= 0.6 is 11.6 Å². The van der Waals surface area contributed by atoms with Gasteiger partial charge in [-0.3, -0.25) is 0 Å². The number of hydrogen-bond donors (Lipinski definition) is 1. The summed E-state index contributed by atoms with van der Waals surface area (Å²) in [6.45, 7) is 0. The first-order valence-electron chi connectivity index (χ1n) is 6.14. The van der Waals surface area contributed by atoms with Crippen molar-refractivity contribution in [1.29, 1.82) is 0 Å². The third kappa shape index (κ3) is 2.68. The lowest BCUT2D eigenvalue weighted by atomic mass is 10.2. The zero-order valence-electron chi connectivity index (χ0n) is 11.1. The molecular formula is C15H11ClN2O3. The van der Waals surface area contributed by atoms with Crippen LogP contribution in [0.5, 0.6) is 11.5 Å². The summed E-state index contributed by atoms with van der Waals surface area (Å²) in [5, 5.41) is 14.2. The number of phenols is 1. The lowest BCUT2D eigenvalue weighted by Crippen LogP contribution is -1.84. The molecule has 0 saturated heterocycles. The van der Waals surface area contributed by atoms with E-state index >= 15 is 0 Å². The molecule has 21 heavy (non-hydrogen) atoms. The molecule has 106 valence electrons. The van der Waals surface area contributed by atoms with Crippen LogP contribution in [-0.4, -0.2) is 22.4 Å². The Balaban J connectivity index is 1.97. The average molecular weight is 303 g/mol. The second kappa shape index (κ2) is 5.46. The fraction of sp³-hybridized carbons (Fsp3) is 0.0667. The third-order valence-corrected chi connectivity index (χ3v) is 3.20. The Morgan fingerprint density at radius 3 is 2.62 bits per heavy atom. The van der Waals surface area contributed by atoms with Crippen LogP contribution in [-0.2, 0) is 0 Å². The maximum atomic E-state index is 9.83. The van der Waals surface area contributed by atoms with Crippen LogP contribution in [0.3, 0.4) is 0 Å². The molecule has 0 saturated carbocycles. The number of benzene rings is 2. The predicted molar refractivity (Wildman–Crippen MR) is 78.4 cm³/mol. The minimum Gasteiger partial charge on any atom is -0.507 e. The highest BCUT2D eigenvalue weighted by Gasteiger charge is 2.14. The number of hydrogen-bond acceptors (Lipinski definition) is 5. The number of methoxy groups -OCH3 is 1. The van der Waals surface area contributed by atoms with Crippen molar-refractivity contribution in [1.82, 2.24) is 10.1 Å². The Kier molecular flexibility index (Phi) is 3.50. The second-order valence-corrected chi connectivity index (χ2v) is 4.75.